The largest absolute Gasteiger partial charge is 0.386 e. The number of nitrogens with zero attached hydrogens (tertiary/aromatic N) is 2. The molecular weight excluding hydrogens is 186 g/mol. The summed E-state index contributed by atoms with van der Waals surface area (Å²) in [5, 5.41) is 7.43. The Morgan fingerprint density at radius 2 is 2.20 bits per heavy atom. The molecule has 3 heteroatoms. The Balaban J connectivity index is 1.76. The lowest BCUT2D eigenvalue weighted by Gasteiger charge is -2.21. The van der Waals surface area contributed by atoms with E-state index in [0.717, 1.165) is 18.2 Å². The van der Waals surface area contributed by atoms with Crippen LogP contribution in [0.2, 0.25) is 0 Å². The molecule has 0 spiro atoms. The predicted molar refractivity (Wildman–Crippen MR) is 63.0 cm³/mol. The van der Waals surface area contributed by atoms with Gasteiger partial charge in [0.05, 0.1) is 11.9 Å². The first-order valence-corrected chi connectivity index (χ1v) is 6.08. The van der Waals surface area contributed by atoms with E-state index in [1.165, 1.54) is 38.5 Å². The molecule has 1 aliphatic carbocycles. The summed E-state index contributed by atoms with van der Waals surface area (Å²) in [4.78, 5) is 0. The second kappa shape index (κ2) is 5.19. The van der Waals surface area contributed by atoms with Crippen molar-refractivity contribution in [3.05, 3.63) is 12.4 Å². The predicted octanol–water partition coefficient (Wildman–Crippen LogP) is 2.90. The van der Waals surface area contributed by atoms with Crippen LogP contribution in [0.4, 0.5) is 5.69 Å². The van der Waals surface area contributed by atoms with E-state index in [9.17, 15) is 0 Å². The van der Waals surface area contributed by atoms with Crippen LogP contribution in [0.5, 0.6) is 0 Å². The first kappa shape index (κ1) is 10.5. The zero-order valence-electron chi connectivity index (χ0n) is 9.58. The minimum absolute atomic E-state index is 0.945. The summed E-state index contributed by atoms with van der Waals surface area (Å²) >= 11 is 0. The molecule has 1 saturated carbocycles. The van der Waals surface area contributed by atoms with Gasteiger partial charge in [-0.25, -0.2) is 0 Å². The van der Waals surface area contributed by atoms with Gasteiger partial charge in [0.15, 0.2) is 0 Å². The third-order valence-electron chi connectivity index (χ3n) is 3.41. The highest BCUT2D eigenvalue weighted by atomic mass is 15.3. The van der Waals surface area contributed by atoms with Crippen molar-refractivity contribution in [1.82, 2.24) is 9.78 Å². The minimum Gasteiger partial charge on any atom is -0.386 e. The maximum Gasteiger partial charge on any atom is 0.0723 e. The van der Waals surface area contributed by atoms with Gasteiger partial charge in [0.25, 0.3) is 0 Å². The van der Waals surface area contributed by atoms with Crippen LogP contribution in [0, 0.1) is 5.92 Å². The van der Waals surface area contributed by atoms with Crippen LogP contribution >= 0.6 is 0 Å². The fourth-order valence-corrected chi connectivity index (χ4v) is 2.41. The zero-order chi connectivity index (χ0) is 10.5. The van der Waals surface area contributed by atoms with E-state index in [2.05, 4.69) is 21.3 Å². The molecule has 0 amide bonds. The van der Waals surface area contributed by atoms with Gasteiger partial charge in [-0.05, 0) is 12.3 Å². The number of aryl methyl sites for hydroxylation is 1. The van der Waals surface area contributed by atoms with Crippen LogP contribution in [0.3, 0.4) is 0 Å². The smallest absolute Gasteiger partial charge is 0.0723 e. The highest BCUT2D eigenvalue weighted by molar-refractivity contribution is 5.36. The molecule has 1 aromatic heterocycles. The van der Waals surface area contributed by atoms with Gasteiger partial charge in [0, 0.05) is 19.8 Å². The van der Waals surface area contributed by atoms with Crippen molar-refractivity contribution in [1.29, 1.82) is 0 Å². The summed E-state index contributed by atoms with van der Waals surface area (Å²) < 4.78 is 2.06. The van der Waals surface area contributed by atoms with Crippen molar-refractivity contribution in [2.24, 2.45) is 5.92 Å². The molecule has 0 bridgehead atoms. The Kier molecular flexibility index (Phi) is 3.64. The normalized spacial score (nSPS) is 17.9. The molecule has 84 valence electrons. The van der Waals surface area contributed by atoms with Crippen LogP contribution in [0.1, 0.15) is 38.5 Å². The van der Waals surface area contributed by atoms with Gasteiger partial charge in [-0.1, -0.05) is 32.1 Å². The average molecular weight is 207 g/mol. The van der Waals surface area contributed by atoms with Crippen LogP contribution in [-0.2, 0) is 6.54 Å². The highest BCUT2D eigenvalue weighted by Gasteiger charge is 2.13. The third kappa shape index (κ3) is 2.98. The summed E-state index contributed by atoms with van der Waals surface area (Å²) in [7, 11) is 1.93. The molecule has 0 aliphatic heterocycles. The quantitative estimate of drug-likeness (QED) is 0.822. The summed E-state index contributed by atoms with van der Waals surface area (Å²) in [6, 6.07) is 0. The second-order valence-corrected chi connectivity index (χ2v) is 4.53. The Labute approximate surface area is 91.9 Å². The number of hydrogen-bond donors (Lipinski definition) is 1. The van der Waals surface area contributed by atoms with Gasteiger partial charge >= 0.3 is 0 Å². The van der Waals surface area contributed by atoms with E-state index in [1.807, 2.05) is 13.2 Å². The van der Waals surface area contributed by atoms with Crippen molar-refractivity contribution < 1.29 is 0 Å². The number of aromatic nitrogens is 2. The van der Waals surface area contributed by atoms with Crippen molar-refractivity contribution in [2.45, 2.75) is 45.1 Å². The molecule has 0 atom stereocenters. The SMILES string of the molecule is CNc1cnn(CCC2CCCCC2)c1. The van der Waals surface area contributed by atoms with Gasteiger partial charge in [0.1, 0.15) is 0 Å². The van der Waals surface area contributed by atoms with Crippen molar-refractivity contribution in [3.63, 3.8) is 0 Å². The van der Waals surface area contributed by atoms with Gasteiger partial charge in [-0.2, -0.15) is 5.10 Å². The number of rotatable bonds is 4. The topological polar surface area (TPSA) is 29.9 Å². The van der Waals surface area contributed by atoms with Crippen molar-refractivity contribution >= 4 is 5.69 Å². The number of nitrogens with one attached hydrogen (secondary N) is 1. The van der Waals surface area contributed by atoms with Gasteiger partial charge in [-0.3, -0.25) is 4.68 Å². The second-order valence-electron chi connectivity index (χ2n) is 4.53. The molecule has 1 N–H and O–H groups in total. The number of anilines is 1. The lowest BCUT2D eigenvalue weighted by atomic mass is 9.87. The lowest BCUT2D eigenvalue weighted by molar-refractivity contribution is 0.319. The Morgan fingerprint density at radius 1 is 1.40 bits per heavy atom. The molecule has 15 heavy (non-hydrogen) atoms. The third-order valence-corrected chi connectivity index (χ3v) is 3.41. The molecule has 2 rings (SSSR count). The molecule has 0 aromatic carbocycles. The van der Waals surface area contributed by atoms with E-state index in [-0.39, 0.29) is 0 Å². The molecule has 0 radical (unpaired) electrons. The Morgan fingerprint density at radius 3 is 2.87 bits per heavy atom. The molecule has 1 aromatic rings. The van der Waals surface area contributed by atoms with E-state index in [4.69, 9.17) is 0 Å². The standard InChI is InChI=1S/C12H21N3/c1-13-12-9-14-15(10-12)8-7-11-5-3-2-4-6-11/h9-11,13H,2-8H2,1H3. The average Bonchev–Trinajstić information content (AvgIpc) is 2.76. The first-order chi connectivity index (χ1) is 7.38. The lowest BCUT2D eigenvalue weighted by Crippen LogP contribution is -2.10. The molecule has 3 nitrogen and oxygen atoms in total. The Bertz CT molecular complexity index is 287. The van der Waals surface area contributed by atoms with Crippen LogP contribution in [0.25, 0.3) is 0 Å². The molecular formula is C12H21N3. The fourth-order valence-electron chi connectivity index (χ4n) is 2.41. The van der Waals surface area contributed by atoms with E-state index in [1.54, 1.807) is 0 Å². The molecule has 1 heterocycles. The molecule has 0 saturated heterocycles. The fraction of sp³-hybridized carbons (Fsp3) is 0.750. The maximum atomic E-state index is 4.33. The number of hydrogen-bond acceptors (Lipinski definition) is 2. The monoisotopic (exact) mass is 207 g/mol. The van der Waals surface area contributed by atoms with E-state index in [0.29, 0.717) is 0 Å². The minimum atomic E-state index is 0.945. The van der Waals surface area contributed by atoms with Crippen LogP contribution < -0.4 is 5.32 Å². The van der Waals surface area contributed by atoms with Gasteiger partial charge in [-0.15, -0.1) is 0 Å². The summed E-state index contributed by atoms with van der Waals surface area (Å²) in [6.07, 6.45) is 12.5. The van der Waals surface area contributed by atoms with E-state index < -0.39 is 0 Å². The summed E-state index contributed by atoms with van der Waals surface area (Å²) in [6.45, 7) is 1.08. The summed E-state index contributed by atoms with van der Waals surface area (Å²) in [5.74, 6) is 0.945. The zero-order valence-corrected chi connectivity index (χ0v) is 9.58. The van der Waals surface area contributed by atoms with Crippen LogP contribution in [-0.4, -0.2) is 16.8 Å². The van der Waals surface area contributed by atoms with Crippen LogP contribution in [0.15, 0.2) is 12.4 Å². The molecule has 0 unspecified atom stereocenters. The molecule has 1 aliphatic rings. The summed E-state index contributed by atoms with van der Waals surface area (Å²) in [5.41, 5.74) is 1.11. The highest BCUT2D eigenvalue weighted by Crippen LogP contribution is 2.26. The first-order valence-electron chi connectivity index (χ1n) is 6.08. The Hall–Kier alpha value is -0.990. The molecule has 1 fully saturated rings. The maximum absolute atomic E-state index is 4.33. The van der Waals surface area contributed by atoms with Gasteiger partial charge in [0.2, 0.25) is 0 Å². The van der Waals surface area contributed by atoms with Crippen molar-refractivity contribution in [3.8, 4) is 0 Å². The van der Waals surface area contributed by atoms with Crippen molar-refractivity contribution in [2.75, 3.05) is 12.4 Å². The van der Waals surface area contributed by atoms with E-state index >= 15 is 0 Å². The van der Waals surface area contributed by atoms with Gasteiger partial charge < -0.3 is 5.32 Å².